The van der Waals surface area contributed by atoms with Crippen LogP contribution in [0.5, 0.6) is 0 Å². The second kappa shape index (κ2) is 8.96. The van der Waals surface area contributed by atoms with E-state index in [1.54, 1.807) is 0 Å². The van der Waals surface area contributed by atoms with Crippen LogP contribution >= 0.6 is 7.60 Å². The Bertz CT molecular complexity index is 958. The molecule has 3 rings (SSSR count). The molecule has 0 spiro atoms. The second-order valence-corrected chi connectivity index (χ2v) is 7.14. The quantitative estimate of drug-likeness (QED) is 0.403. The molecule has 4 N–H and O–H groups in total. The Morgan fingerprint density at radius 1 is 1.07 bits per heavy atom. The summed E-state index contributed by atoms with van der Waals surface area (Å²) in [7, 11) is -4.82. The molecule has 0 saturated heterocycles. The van der Waals surface area contributed by atoms with Gasteiger partial charge in [-0.05, 0) is 6.07 Å². The first-order valence-electron chi connectivity index (χ1n) is 7.63. The normalized spacial score (nSPS) is 11.6. The zero-order valence-electron chi connectivity index (χ0n) is 14.4. The van der Waals surface area contributed by atoms with Crippen LogP contribution in [0, 0.1) is 11.6 Å². The van der Waals surface area contributed by atoms with Crippen molar-refractivity contribution in [3.8, 4) is 0 Å². The van der Waals surface area contributed by atoms with Crippen LogP contribution in [0.2, 0.25) is 0 Å². The van der Waals surface area contributed by atoms with Crippen LogP contribution in [0.4, 0.5) is 13.6 Å². The van der Waals surface area contributed by atoms with Crippen LogP contribution in [0.25, 0.3) is 0 Å². The maximum atomic E-state index is 14.1. The SMILES string of the molecule is O=C(O)P(=O)(O)O.OC(Cn1cncn1)(Cn1cncn1)c1ccc(F)cc1F. The summed E-state index contributed by atoms with van der Waals surface area (Å²) in [6.07, 6.45) is 5.40. The van der Waals surface area contributed by atoms with E-state index in [0.717, 1.165) is 12.1 Å². The number of hydrogen-bond donors (Lipinski definition) is 4. The number of aliphatic hydroxyl groups is 1. The van der Waals surface area contributed by atoms with Gasteiger partial charge < -0.3 is 20.0 Å². The topological polar surface area (TPSA) is 176 Å². The molecular formula is C14H15F2N6O6P. The average molecular weight is 432 g/mol. The van der Waals surface area contributed by atoms with Gasteiger partial charge in [0.15, 0.2) is 0 Å². The lowest BCUT2D eigenvalue weighted by atomic mass is 9.93. The molecule has 29 heavy (non-hydrogen) atoms. The van der Waals surface area contributed by atoms with Crippen molar-refractivity contribution >= 4 is 13.3 Å². The number of carboxylic acid groups (broad SMARTS) is 1. The van der Waals surface area contributed by atoms with Crippen LogP contribution < -0.4 is 0 Å². The third kappa shape index (κ3) is 6.22. The van der Waals surface area contributed by atoms with Gasteiger partial charge in [-0.15, -0.1) is 0 Å². The summed E-state index contributed by atoms with van der Waals surface area (Å²) < 4.78 is 39.4. The zero-order valence-corrected chi connectivity index (χ0v) is 15.3. The molecule has 3 aromatic rings. The van der Waals surface area contributed by atoms with Crippen molar-refractivity contribution in [3.05, 3.63) is 60.7 Å². The highest BCUT2D eigenvalue weighted by Gasteiger charge is 2.34. The molecule has 0 unspecified atom stereocenters. The summed E-state index contributed by atoms with van der Waals surface area (Å²) in [5.74, 6) is -1.56. The highest BCUT2D eigenvalue weighted by Crippen LogP contribution is 2.34. The summed E-state index contributed by atoms with van der Waals surface area (Å²) in [5.41, 5.74) is -3.84. The molecule has 0 atom stereocenters. The number of rotatable bonds is 6. The second-order valence-electron chi connectivity index (χ2n) is 5.67. The van der Waals surface area contributed by atoms with Crippen molar-refractivity contribution in [2.75, 3.05) is 0 Å². The minimum Gasteiger partial charge on any atom is -0.472 e. The summed E-state index contributed by atoms with van der Waals surface area (Å²) in [6.45, 7) is -0.148. The predicted octanol–water partition coefficient (Wildman–Crippen LogP) is 0.578. The predicted molar refractivity (Wildman–Crippen MR) is 90.4 cm³/mol. The molecule has 1 aromatic carbocycles. The molecule has 0 saturated carbocycles. The van der Waals surface area contributed by atoms with Gasteiger partial charge in [-0.1, -0.05) is 6.07 Å². The number of hydrogen-bond acceptors (Lipinski definition) is 7. The molecule has 0 bridgehead atoms. The standard InChI is InChI=1S/C13H12F2N6O.CH3O5P/c14-10-1-2-11(12(15)3-10)13(22,4-20-8-16-6-18-20)5-21-9-17-7-19-21;2-1(3)7(4,5)6/h1-3,6-9,22H,4-5H2;(H,2,3)(H2,4,5,6). The van der Waals surface area contributed by atoms with Gasteiger partial charge in [-0.25, -0.2) is 37.5 Å². The summed E-state index contributed by atoms with van der Waals surface area (Å²) in [4.78, 5) is 32.0. The lowest BCUT2D eigenvalue weighted by molar-refractivity contribution is -0.00856. The van der Waals surface area contributed by atoms with E-state index < -0.39 is 30.5 Å². The van der Waals surface area contributed by atoms with Crippen molar-refractivity contribution in [3.63, 3.8) is 0 Å². The molecule has 0 aliphatic heterocycles. The minimum absolute atomic E-state index is 0.0556. The average Bonchev–Trinajstić information content (AvgIpc) is 3.28. The molecule has 2 aromatic heterocycles. The van der Waals surface area contributed by atoms with Gasteiger partial charge in [0, 0.05) is 11.6 Å². The highest BCUT2D eigenvalue weighted by atomic mass is 31.2. The summed E-state index contributed by atoms with van der Waals surface area (Å²) in [5, 5.41) is 26.3. The largest absolute Gasteiger partial charge is 0.472 e. The Hall–Kier alpha value is -3.06. The van der Waals surface area contributed by atoms with Gasteiger partial charge in [0.25, 0.3) is 0 Å². The van der Waals surface area contributed by atoms with Gasteiger partial charge >= 0.3 is 13.3 Å². The van der Waals surface area contributed by atoms with Crippen molar-refractivity contribution < 1.29 is 38.1 Å². The van der Waals surface area contributed by atoms with Crippen molar-refractivity contribution in [1.29, 1.82) is 0 Å². The van der Waals surface area contributed by atoms with Crippen molar-refractivity contribution in [2.24, 2.45) is 0 Å². The van der Waals surface area contributed by atoms with Gasteiger partial charge in [-0.3, -0.25) is 0 Å². The van der Waals surface area contributed by atoms with Crippen LogP contribution in [-0.4, -0.2) is 55.2 Å². The Labute approximate surface area is 161 Å². The fourth-order valence-electron chi connectivity index (χ4n) is 2.25. The van der Waals surface area contributed by atoms with E-state index in [-0.39, 0.29) is 18.7 Å². The van der Waals surface area contributed by atoms with Crippen LogP contribution in [0.15, 0.2) is 43.5 Å². The number of nitrogens with zero attached hydrogens (tertiary/aromatic N) is 6. The van der Waals surface area contributed by atoms with E-state index in [9.17, 15) is 23.2 Å². The number of benzene rings is 1. The molecule has 12 nitrogen and oxygen atoms in total. The van der Waals surface area contributed by atoms with Gasteiger partial charge in [-0.2, -0.15) is 10.2 Å². The van der Waals surface area contributed by atoms with Gasteiger partial charge in [0.2, 0.25) is 0 Å². The summed E-state index contributed by atoms with van der Waals surface area (Å²) in [6, 6.07) is 3.02. The molecule has 0 aliphatic carbocycles. The first-order chi connectivity index (χ1) is 13.5. The molecule has 0 aliphatic rings. The van der Waals surface area contributed by atoms with Crippen LogP contribution in [-0.2, 0) is 23.3 Å². The van der Waals surface area contributed by atoms with Gasteiger partial charge in [0.05, 0.1) is 13.1 Å². The molecule has 0 amide bonds. The fraction of sp³-hybridized carbons (Fsp3) is 0.214. The first kappa shape index (κ1) is 22.2. The van der Waals surface area contributed by atoms with Gasteiger partial charge in [0.1, 0.15) is 42.5 Å². The zero-order chi connectivity index (χ0) is 21.7. The van der Waals surface area contributed by atoms with Crippen molar-refractivity contribution in [1.82, 2.24) is 29.5 Å². The Balaban J connectivity index is 0.000000370. The maximum Gasteiger partial charge on any atom is 0.433 e. The van der Waals surface area contributed by atoms with E-state index in [1.165, 1.54) is 40.7 Å². The van der Waals surface area contributed by atoms with E-state index in [0.29, 0.717) is 0 Å². The molecule has 15 heteroatoms. The summed E-state index contributed by atoms with van der Waals surface area (Å²) >= 11 is 0. The maximum absolute atomic E-state index is 14.1. The molecule has 0 radical (unpaired) electrons. The smallest absolute Gasteiger partial charge is 0.433 e. The molecule has 2 heterocycles. The van der Waals surface area contributed by atoms with E-state index in [1.807, 2.05) is 0 Å². The minimum atomic E-state index is -4.82. The third-order valence-corrected chi connectivity index (χ3v) is 3.96. The monoisotopic (exact) mass is 432 g/mol. The highest BCUT2D eigenvalue weighted by molar-refractivity contribution is 7.69. The van der Waals surface area contributed by atoms with E-state index >= 15 is 0 Å². The lowest BCUT2D eigenvalue weighted by Crippen LogP contribution is -2.37. The lowest BCUT2D eigenvalue weighted by Gasteiger charge is -2.28. The van der Waals surface area contributed by atoms with Crippen molar-refractivity contribution in [2.45, 2.75) is 18.7 Å². The molecule has 0 fully saturated rings. The Morgan fingerprint density at radius 3 is 1.90 bits per heavy atom. The number of carbonyl (C=O) groups is 1. The van der Waals surface area contributed by atoms with E-state index in [2.05, 4.69) is 20.2 Å². The Kier molecular flexibility index (Phi) is 6.87. The van der Waals surface area contributed by atoms with E-state index in [4.69, 9.17) is 14.9 Å². The third-order valence-electron chi connectivity index (χ3n) is 3.46. The molecule has 156 valence electrons. The van der Waals surface area contributed by atoms with Crippen LogP contribution in [0.1, 0.15) is 5.56 Å². The van der Waals surface area contributed by atoms with Crippen LogP contribution in [0.3, 0.4) is 0 Å². The molecular weight excluding hydrogens is 417 g/mol. The fourth-order valence-corrected chi connectivity index (χ4v) is 2.25. The first-order valence-corrected chi connectivity index (χ1v) is 9.24. The number of halogens is 2. The number of aromatic nitrogens is 6. The Morgan fingerprint density at radius 2 is 1.55 bits per heavy atom.